The van der Waals surface area contributed by atoms with Crippen LogP contribution in [0.25, 0.3) is 6.08 Å². The average Bonchev–Trinajstić information content (AvgIpc) is 3.13. The number of methoxy groups -OCH3 is 1. The molecule has 0 aliphatic carbocycles. The number of nitrogens with zero attached hydrogens (tertiary/aromatic N) is 1. The Morgan fingerprint density at radius 3 is 2.79 bits per heavy atom. The second-order valence-electron chi connectivity index (χ2n) is 6.24. The van der Waals surface area contributed by atoms with Crippen molar-refractivity contribution in [1.29, 1.82) is 0 Å². The Labute approximate surface area is 172 Å². The number of carbonyl (C=O) groups is 2. The quantitative estimate of drug-likeness (QED) is 0.553. The molecule has 2 aliphatic heterocycles. The van der Waals surface area contributed by atoms with E-state index in [0.29, 0.717) is 10.7 Å². The van der Waals surface area contributed by atoms with E-state index in [1.165, 1.54) is 11.0 Å². The number of rotatable bonds is 5. The Balaban J connectivity index is 1.75. The lowest BCUT2D eigenvalue weighted by atomic mass is 10.1. The SMILES string of the molecule is COc1ccccc1/C=C1\SC(=S)N(C(C)C(=O)NC2C=CS(=O)(=O)C2)C1=O. The van der Waals surface area contributed by atoms with Gasteiger partial charge in [0.1, 0.15) is 16.1 Å². The highest BCUT2D eigenvalue weighted by Crippen LogP contribution is 2.35. The molecule has 2 heterocycles. The number of para-hydroxylation sites is 1. The number of amides is 2. The number of hydrogen-bond donors (Lipinski definition) is 1. The third kappa shape index (κ3) is 4.29. The summed E-state index contributed by atoms with van der Waals surface area (Å²) in [6.45, 7) is 1.55. The molecule has 2 aliphatic rings. The number of benzene rings is 1. The largest absolute Gasteiger partial charge is 0.496 e. The molecule has 7 nitrogen and oxygen atoms in total. The minimum Gasteiger partial charge on any atom is -0.496 e. The first-order chi connectivity index (χ1) is 13.2. The molecule has 1 aromatic rings. The molecule has 1 saturated heterocycles. The molecule has 2 unspecified atom stereocenters. The minimum absolute atomic E-state index is 0.183. The van der Waals surface area contributed by atoms with Crippen molar-refractivity contribution in [2.24, 2.45) is 0 Å². The standard InChI is InChI=1S/C18H18N2O5S3/c1-11(16(21)19-13-7-8-28(23,24)10-13)20-17(22)15(27-18(20)26)9-12-5-3-4-6-14(12)25-2/h3-9,11,13H,10H2,1-2H3,(H,19,21)/b15-9-. The van der Waals surface area contributed by atoms with Gasteiger partial charge >= 0.3 is 0 Å². The second kappa shape index (κ2) is 8.06. The summed E-state index contributed by atoms with van der Waals surface area (Å²) < 4.78 is 28.5. The first kappa shape index (κ1) is 20.6. The van der Waals surface area contributed by atoms with Crippen LogP contribution in [0.2, 0.25) is 0 Å². The Kier molecular flexibility index (Phi) is 5.92. The van der Waals surface area contributed by atoms with Crippen molar-refractivity contribution in [3.05, 3.63) is 46.2 Å². The van der Waals surface area contributed by atoms with Crippen LogP contribution in [-0.4, -0.2) is 54.4 Å². The first-order valence-electron chi connectivity index (χ1n) is 8.33. The maximum atomic E-state index is 12.8. The number of hydrogen-bond acceptors (Lipinski definition) is 7. The van der Waals surface area contributed by atoms with Crippen molar-refractivity contribution in [3.63, 3.8) is 0 Å². The van der Waals surface area contributed by atoms with Gasteiger partial charge in [-0.25, -0.2) is 8.42 Å². The lowest BCUT2D eigenvalue weighted by Gasteiger charge is -2.23. The molecule has 1 N–H and O–H groups in total. The van der Waals surface area contributed by atoms with Crippen LogP contribution in [0.3, 0.4) is 0 Å². The van der Waals surface area contributed by atoms with Crippen molar-refractivity contribution in [2.45, 2.75) is 19.0 Å². The summed E-state index contributed by atoms with van der Waals surface area (Å²) in [6, 6.07) is 5.77. The Bertz CT molecular complexity index is 1000. The van der Waals surface area contributed by atoms with Gasteiger partial charge < -0.3 is 10.1 Å². The Morgan fingerprint density at radius 1 is 1.43 bits per heavy atom. The fraction of sp³-hybridized carbons (Fsp3) is 0.278. The number of ether oxygens (including phenoxy) is 1. The first-order valence-corrected chi connectivity index (χ1v) is 11.3. The predicted octanol–water partition coefficient (Wildman–Crippen LogP) is 1.71. The van der Waals surface area contributed by atoms with Crippen LogP contribution in [0.4, 0.5) is 0 Å². The van der Waals surface area contributed by atoms with E-state index in [-0.39, 0.29) is 16.0 Å². The maximum Gasteiger partial charge on any atom is 0.266 e. The van der Waals surface area contributed by atoms with Crippen molar-refractivity contribution in [1.82, 2.24) is 10.2 Å². The minimum atomic E-state index is -3.28. The van der Waals surface area contributed by atoms with E-state index in [1.54, 1.807) is 26.2 Å². The molecule has 1 aromatic carbocycles. The summed E-state index contributed by atoms with van der Waals surface area (Å²) in [4.78, 5) is 27.0. The van der Waals surface area contributed by atoms with Crippen LogP contribution in [0, 0.1) is 0 Å². The zero-order valence-electron chi connectivity index (χ0n) is 15.1. The van der Waals surface area contributed by atoms with Crippen molar-refractivity contribution >= 4 is 56.0 Å². The van der Waals surface area contributed by atoms with E-state index in [2.05, 4.69) is 5.32 Å². The maximum absolute atomic E-state index is 12.8. The Morgan fingerprint density at radius 2 is 2.14 bits per heavy atom. The molecule has 0 aromatic heterocycles. The van der Waals surface area contributed by atoms with Crippen molar-refractivity contribution in [2.75, 3.05) is 12.9 Å². The third-order valence-electron chi connectivity index (χ3n) is 4.27. The van der Waals surface area contributed by atoms with Crippen LogP contribution < -0.4 is 10.1 Å². The van der Waals surface area contributed by atoms with E-state index < -0.39 is 27.8 Å². The van der Waals surface area contributed by atoms with E-state index in [0.717, 1.165) is 22.7 Å². The van der Waals surface area contributed by atoms with Gasteiger partial charge in [0.25, 0.3) is 5.91 Å². The molecule has 0 bridgehead atoms. The zero-order valence-corrected chi connectivity index (χ0v) is 17.6. The highest BCUT2D eigenvalue weighted by molar-refractivity contribution is 8.26. The number of nitrogens with one attached hydrogen (secondary N) is 1. The summed E-state index contributed by atoms with van der Waals surface area (Å²) in [5.74, 6) is -0.412. The fourth-order valence-corrected chi connectivity index (χ4v) is 5.47. The third-order valence-corrected chi connectivity index (χ3v) is 7.00. The molecule has 148 valence electrons. The van der Waals surface area contributed by atoms with Gasteiger partial charge in [0.15, 0.2) is 9.84 Å². The monoisotopic (exact) mass is 438 g/mol. The van der Waals surface area contributed by atoms with E-state index in [4.69, 9.17) is 17.0 Å². The van der Waals surface area contributed by atoms with Gasteiger partial charge in [-0.1, -0.05) is 42.2 Å². The Hall–Kier alpha value is -2.17. The fourth-order valence-electron chi connectivity index (χ4n) is 2.83. The van der Waals surface area contributed by atoms with Gasteiger partial charge in [0.2, 0.25) is 5.91 Å². The van der Waals surface area contributed by atoms with E-state index >= 15 is 0 Å². The molecule has 2 amide bonds. The topological polar surface area (TPSA) is 92.8 Å². The molecular formula is C18H18N2O5S3. The lowest BCUT2D eigenvalue weighted by molar-refractivity contribution is -0.132. The predicted molar refractivity (Wildman–Crippen MR) is 112 cm³/mol. The summed E-state index contributed by atoms with van der Waals surface area (Å²) in [5, 5.41) is 3.71. The van der Waals surface area contributed by atoms with Gasteiger partial charge in [0.05, 0.1) is 23.8 Å². The molecule has 10 heteroatoms. The lowest BCUT2D eigenvalue weighted by Crippen LogP contribution is -2.49. The summed E-state index contributed by atoms with van der Waals surface area (Å²) in [6.07, 6.45) is 3.10. The number of carbonyl (C=O) groups excluding carboxylic acids is 2. The molecule has 0 spiro atoms. The highest BCUT2D eigenvalue weighted by Gasteiger charge is 2.39. The highest BCUT2D eigenvalue weighted by atomic mass is 32.2. The van der Waals surface area contributed by atoms with Crippen LogP contribution in [0.5, 0.6) is 5.75 Å². The molecule has 1 fully saturated rings. The zero-order chi connectivity index (χ0) is 20.5. The number of sulfone groups is 1. The molecule has 0 saturated carbocycles. The average molecular weight is 439 g/mol. The normalized spacial score (nSPS) is 23.3. The second-order valence-corrected chi connectivity index (χ2v) is 9.85. The molecular weight excluding hydrogens is 420 g/mol. The van der Waals surface area contributed by atoms with Crippen LogP contribution >= 0.6 is 24.0 Å². The summed E-state index contributed by atoms with van der Waals surface area (Å²) in [5.41, 5.74) is 0.726. The van der Waals surface area contributed by atoms with Gasteiger partial charge in [-0.2, -0.15) is 0 Å². The molecule has 28 heavy (non-hydrogen) atoms. The van der Waals surface area contributed by atoms with Crippen LogP contribution in [0.1, 0.15) is 12.5 Å². The molecule has 2 atom stereocenters. The number of thiocarbonyl (C=S) groups is 1. The van der Waals surface area contributed by atoms with E-state index in [1.807, 2.05) is 18.2 Å². The molecule has 3 rings (SSSR count). The molecule has 0 radical (unpaired) electrons. The number of thioether (sulfide) groups is 1. The summed E-state index contributed by atoms with van der Waals surface area (Å²) in [7, 11) is -1.74. The van der Waals surface area contributed by atoms with Gasteiger partial charge in [-0.3, -0.25) is 14.5 Å². The van der Waals surface area contributed by atoms with Crippen LogP contribution in [0.15, 0.2) is 40.7 Å². The van der Waals surface area contributed by atoms with Crippen molar-refractivity contribution in [3.8, 4) is 5.75 Å². The summed E-state index contributed by atoms with van der Waals surface area (Å²) >= 11 is 6.40. The van der Waals surface area contributed by atoms with Gasteiger partial charge in [-0.15, -0.1) is 0 Å². The smallest absolute Gasteiger partial charge is 0.266 e. The van der Waals surface area contributed by atoms with Crippen LogP contribution in [-0.2, 0) is 19.4 Å². The van der Waals surface area contributed by atoms with E-state index in [9.17, 15) is 18.0 Å². The van der Waals surface area contributed by atoms with Crippen molar-refractivity contribution < 1.29 is 22.7 Å². The van der Waals surface area contributed by atoms with Gasteiger partial charge in [0, 0.05) is 11.0 Å². The van der Waals surface area contributed by atoms with Gasteiger partial charge in [-0.05, 0) is 25.1 Å².